The Morgan fingerprint density at radius 1 is 1.54 bits per heavy atom. The van der Waals surface area contributed by atoms with Crippen molar-refractivity contribution < 1.29 is 0 Å². The SMILES string of the molecule is Cn1ncc2c1N[C@H]1CCC[C@@H]1C2. The average molecular weight is 177 g/mol. The fourth-order valence-electron chi connectivity index (χ4n) is 2.75. The van der Waals surface area contributed by atoms with Crippen LogP contribution in [-0.2, 0) is 13.5 Å². The highest BCUT2D eigenvalue weighted by Gasteiger charge is 2.33. The fraction of sp³-hybridized carbons (Fsp3) is 0.700. The Balaban J connectivity index is 1.98. The van der Waals surface area contributed by atoms with Crippen LogP contribution in [0.5, 0.6) is 0 Å². The van der Waals surface area contributed by atoms with Gasteiger partial charge in [-0.2, -0.15) is 5.10 Å². The van der Waals surface area contributed by atoms with E-state index in [1.807, 2.05) is 17.9 Å². The maximum absolute atomic E-state index is 4.28. The summed E-state index contributed by atoms with van der Waals surface area (Å²) >= 11 is 0. The third kappa shape index (κ3) is 0.992. The predicted molar refractivity (Wildman–Crippen MR) is 51.7 cm³/mol. The molecule has 1 saturated carbocycles. The van der Waals surface area contributed by atoms with Crippen molar-refractivity contribution in [2.45, 2.75) is 31.7 Å². The summed E-state index contributed by atoms with van der Waals surface area (Å²) in [6.07, 6.45) is 7.38. The van der Waals surface area contributed by atoms with Crippen molar-refractivity contribution in [1.82, 2.24) is 9.78 Å². The molecule has 2 heterocycles. The highest BCUT2D eigenvalue weighted by molar-refractivity contribution is 5.48. The number of aromatic nitrogens is 2. The summed E-state index contributed by atoms with van der Waals surface area (Å²) in [4.78, 5) is 0. The van der Waals surface area contributed by atoms with Gasteiger partial charge in [0, 0.05) is 18.7 Å². The molecule has 0 aromatic carbocycles. The van der Waals surface area contributed by atoms with Crippen LogP contribution >= 0.6 is 0 Å². The first-order valence-electron chi connectivity index (χ1n) is 5.12. The van der Waals surface area contributed by atoms with E-state index in [9.17, 15) is 0 Å². The van der Waals surface area contributed by atoms with E-state index < -0.39 is 0 Å². The smallest absolute Gasteiger partial charge is 0.127 e. The minimum Gasteiger partial charge on any atom is -0.367 e. The van der Waals surface area contributed by atoms with Gasteiger partial charge in [0.1, 0.15) is 5.82 Å². The molecule has 1 fully saturated rings. The Labute approximate surface area is 78.1 Å². The third-order valence-corrected chi connectivity index (χ3v) is 3.48. The molecule has 3 nitrogen and oxygen atoms in total. The molecule has 13 heavy (non-hydrogen) atoms. The molecule has 0 saturated heterocycles. The molecule has 1 aromatic heterocycles. The first-order valence-corrected chi connectivity index (χ1v) is 5.12. The second kappa shape index (κ2) is 2.50. The Hall–Kier alpha value is -0.990. The van der Waals surface area contributed by atoms with Crippen LogP contribution in [0.3, 0.4) is 0 Å². The molecule has 1 N–H and O–H groups in total. The monoisotopic (exact) mass is 177 g/mol. The summed E-state index contributed by atoms with van der Waals surface area (Å²) in [5, 5.41) is 7.89. The molecule has 0 bridgehead atoms. The van der Waals surface area contributed by atoms with Crippen LogP contribution in [0.15, 0.2) is 6.20 Å². The molecule has 0 spiro atoms. The lowest BCUT2D eigenvalue weighted by Gasteiger charge is -2.27. The number of aryl methyl sites for hydroxylation is 1. The molecule has 3 heteroatoms. The molecule has 1 aliphatic carbocycles. The molecule has 70 valence electrons. The number of rotatable bonds is 0. The number of anilines is 1. The number of nitrogens with one attached hydrogen (secondary N) is 1. The molecule has 2 aliphatic rings. The summed E-state index contributed by atoms with van der Waals surface area (Å²) in [6, 6.07) is 0.725. The van der Waals surface area contributed by atoms with Crippen molar-refractivity contribution in [3.63, 3.8) is 0 Å². The second-order valence-corrected chi connectivity index (χ2v) is 4.29. The summed E-state index contributed by atoms with van der Waals surface area (Å²) in [6.45, 7) is 0. The second-order valence-electron chi connectivity index (χ2n) is 4.29. The van der Waals surface area contributed by atoms with Crippen molar-refractivity contribution in [1.29, 1.82) is 0 Å². The first-order chi connectivity index (χ1) is 6.34. The van der Waals surface area contributed by atoms with Crippen molar-refractivity contribution in [3.8, 4) is 0 Å². The molecule has 3 rings (SSSR count). The van der Waals surface area contributed by atoms with Gasteiger partial charge in [0.25, 0.3) is 0 Å². The van der Waals surface area contributed by atoms with E-state index in [0.717, 1.165) is 12.0 Å². The van der Waals surface area contributed by atoms with Crippen LogP contribution in [-0.4, -0.2) is 15.8 Å². The minimum absolute atomic E-state index is 0.725. The summed E-state index contributed by atoms with van der Waals surface area (Å²) in [7, 11) is 2.01. The molecule has 0 radical (unpaired) electrons. The lowest BCUT2D eigenvalue weighted by Crippen LogP contribution is -2.31. The van der Waals surface area contributed by atoms with Gasteiger partial charge in [-0.25, -0.2) is 0 Å². The summed E-state index contributed by atoms with van der Waals surface area (Å²) < 4.78 is 1.96. The van der Waals surface area contributed by atoms with Crippen LogP contribution in [0.25, 0.3) is 0 Å². The third-order valence-electron chi connectivity index (χ3n) is 3.48. The number of nitrogens with zero attached hydrogens (tertiary/aromatic N) is 2. The van der Waals surface area contributed by atoms with Crippen molar-refractivity contribution in [3.05, 3.63) is 11.8 Å². The van der Waals surface area contributed by atoms with Gasteiger partial charge in [-0.15, -0.1) is 0 Å². The van der Waals surface area contributed by atoms with Gasteiger partial charge in [-0.3, -0.25) is 4.68 Å². The lowest BCUT2D eigenvalue weighted by molar-refractivity contribution is 0.483. The molecule has 1 aromatic rings. The largest absolute Gasteiger partial charge is 0.367 e. The van der Waals surface area contributed by atoms with Crippen molar-refractivity contribution in [2.75, 3.05) is 5.32 Å². The van der Waals surface area contributed by atoms with Gasteiger partial charge in [0.15, 0.2) is 0 Å². The van der Waals surface area contributed by atoms with Crippen LogP contribution < -0.4 is 5.32 Å². The standard InChI is InChI=1S/C10H15N3/c1-13-10-8(6-11-13)5-7-3-2-4-9(7)12-10/h6-7,9,12H,2-5H2,1H3/t7-,9+/m1/s1. The molecule has 2 atom stereocenters. The van der Waals surface area contributed by atoms with E-state index in [0.29, 0.717) is 0 Å². The first kappa shape index (κ1) is 7.42. The zero-order valence-electron chi connectivity index (χ0n) is 7.95. The molecule has 0 amide bonds. The van der Waals surface area contributed by atoms with Crippen LogP contribution in [0.1, 0.15) is 24.8 Å². The van der Waals surface area contributed by atoms with Gasteiger partial charge in [0.05, 0.1) is 6.20 Å². The van der Waals surface area contributed by atoms with Gasteiger partial charge in [0.2, 0.25) is 0 Å². The van der Waals surface area contributed by atoms with Gasteiger partial charge in [-0.05, 0) is 25.2 Å². The quantitative estimate of drug-likeness (QED) is 0.651. The van der Waals surface area contributed by atoms with E-state index in [4.69, 9.17) is 0 Å². The van der Waals surface area contributed by atoms with Crippen molar-refractivity contribution >= 4 is 5.82 Å². The zero-order chi connectivity index (χ0) is 8.84. The number of hydrogen-bond donors (Lipinski definition) is 1. The maximum Gasteiger partial charge on any atom is 0.127 e. The normalized spacial score (nSPS) is 30.8. The van der Waals surface area contributed by atoms with Crippen LogP contribution in [0.4, 0.5) is 5.82 Å². The zero-order valence-corrected chi connectivity index (χ0v) is 7.95. The van der Waals surface area contributed by atoms with E-state index in [1.165, 1.54) is 37.1 Å². The molecule has 0 unspecified atom stereocenters. The minimum atomic E-state index is 0.725. The molecule has 1 aliphatic heterocycles. The maximum atomic E-state index is 4.28. The highest BCUT2D eigenvalue weighted by Crippen LogP contribution is 2.37. The van der Waals surface area contributed by atoms with Crippen molar-refractivity contribution in [2.24, 2.45) is 13.0 Å². The molecular weight excluding hydrogens is 162 g/mol. The highest BCUT2D eigenvalue weighted by atomic mass is 15.3. The van der Waals surface area contributed by atoms with E-state index >= 15 is 0 Å². The lowest BCUT2D eigenvalue weighted by atomic mass is 9.92. The fourth-order valence-corrected chi connectivity index (χ4v) is 2.75. The number of hydrogen-bond acceptors (Lipinski definition) is 2. The van der Waals surface area contributed by atoms with Gasteiger partial charge >= 0.3 is 0 Å². The number of fused-ring (bicyclic) bond motifs is 2. The Kier molecular flexibility index (Phi) is 1.43. The predicted octanol–water partition coefficient (Wildman–Crippen LogP) is 1.56. The van der Waals surface area contributed by atoms with Gasteiger partial charge < -0.3 is 5.32 Å². The van der Waals surface area contributed by atoms with Crippen LogP contribution in [0.2, 0.25) is 0 Å². The Morgan fingerprint density at radius 3 is 3.38 bits per heavy atom. The average Bonchev–Trinajstić information content (AvgIpc) is 2.70. The van der Waals surface area contributed by atoms with E-state index in [-0.39, 0.29) is 0 Å². The van der Waals surface area contributed by atoms with Crippen LogP contribution in [0, 0.1) is 5.92 Å². The Bertz CT molecular complexity index is 329. The van der Waals surface area contributed by atoms with Gasteiger partial charge in [-0.1, -0.05) is 6.42 Å². The van der Waals surface area contributed by atoms with E-state index in [2.05, 4.69) is 10.4 Å². The summed E-state index contributed by atoms with van der Waals surface area (Å²) in [5.41, 5.74) is 1.41. The topological polar surface area (TPSA) is 29.9 Å². The van der Waals surface area contributed by atoms with E-state index in [1.54, 1.807) is 0 Å². The summed E-state index contributed by atoms with van der Waals surface area (Å²) in [5.74, 6) is 2.12. The Morgan fingerprint density at radius 2 is 2.46 bits per heavy atom. The molecular formula is C10H15N3.